The van der Waals surface area contributed by atoms with Crippen molar-refractivity contribution in [3.05, 3.63) is 133 Å². The Morgan fingerprint density at radius 2 is 1.00 bits per heavy atom. The van der Waals surface area contributed by atoms with Crippen LogP contribution in [0, 0.1) is 0 Å². The molecule has 0 spiro atoms. The molecule has 0 radical (unpaired) electrons. The van der Waals surface area contributed by atoms with E-state index in [1.807, 2.05) is 0 Å². The normalized spacial score (nSPS) is 12.1. The maximum absolute atomic E-state index is 2.44. The van der Waals surface area contributed by atoms with E-state index in [4.69, 9.17) is 0 Å². The van der Waals surface area contributed by atoms with Crippen molar-refractivity contribution in [2.45, 2.75) is 26.2 Å². The lowest BCUT2D eigenvalue weighted by molar-refractivity contribution is 0.601. The molecule has 0 saturated carbocycles. The van der Waals surface area contributed by atoms with Crippen LogP contribution in [0.15, 0.2) is 127 Å². The van der Waals surface area contributed by atoms with Gasteiger partial charge >= 0.3 is 0 Å². The lowest BCUT2D eigenvalue weighted by Gasteiger charge is -2.27. The van der Waals surface area contributed by atoms with Gasteiger partial charge in [-0.2, -0.15) is 0 Å². The summed E-state index contributed by atoms with van der Waals surface area (Å²) in [5.41, 5.74) is 6.53. The van der Waals surface area contributed by atoms with Crippen LogP contribution in [0.25, 0.3) is 65.3 Å². The Morgan fingerprint density at radius 3 is 1.79 bits per heavy atom. The third-order valence-corrected chi connectivity index (χ3v) is 7.91. The van der Waals surface area contributed by atoms with Crippen LogP contribution in [0.4, 0.5) is 0 Å². The van der Waals surface area contributed by atoms with E-state index in [-0.39, 0.29) is 5.41 Å². The van der Waals surface area contributed by atoms with Gasteiger partial charge in [0.25, 0.3) is 0 Å². The quantitative estimate of drug-likeness (QED) is 0.213. The molecule has 182 valence electrons. The average Bonchev–Trinajstić information content (AvgIpc) is 2.94. The topological polar surface area (TPSA) is 0 Å². The summed E-state index contributed by atoms with van der Waals surface area (Å²) in [6.07, 6.45) is 0. The molecule has 0 amide bonds. The zero-order chi connectivity index (χ0) is 25.9. The van der Waals surface area contributed by atoms with E-state index < -0.39 is 0 Å². The van der Waals surface area contributed by atoms with Gasteiger partial charge in [-0.05, 0) is 88.5 Å². The van der Waals surface area contributed by atoms with E-state index in [1.54, 1.807) is 0 Å². The fraction of sp³-hybridized carbons (Fsp3) is 0.105. The first-order valence-electron chi connectivity index (χ1n) is 13.5. The third kappa shape index (κ3) is 3.60. The van der Waals surface area contributed by atoms with Gasteiger partial charge in [0.1, 0.15) is 0 Å². The minimum Gasteiger partial charge on any atom is -0.0616 e. The fourth-order valence-electron chi connectivity index (χ4n) is 6.29. The van der Waals surface area contributed by atoms with Crippen molar-refractivity contribution >= 4 is 43.1 Å². The minimum absolute atomic E-state index is 0.0167. The molecule has 0 heterocycles. The summed E-state index contributed by atoms with van der Waals surface area (Å²) >= 11 is 0. The molecule has 0 unspecified atom stereocenters. The summed E-state index contributed by atoms with van der Waals surface area (Å²) in [5.74, 6) is 0. The fourth-order valence-corrected chi connectivity index (χ4v) is 6.29. The molecule has 38 heavy (non-hydrogen) atoms. The van der Waals surface area contributed by atoms with Gasteiger partial charge in [0, 0.05) is 0 Å². The SMILES string of the molecule is CC(C)(C)c1c2ccccc2c(-c2ccc3ccccc3c2)c2ccc(-c3cccc4ccccc34)cc12. The van der Waals surface area contributed by atoms with Crippen molar-refractivity contribution in [3.63, 3.8) is 0 Å². The van der Waals surface area contributed by atoms with Gasteiger partial charge in [0.15, 0.2) is 0 Å². The number of fused-ring (bicyclic) bond motifs is 4. The van der Waals surface area contributed by atoms with Crippen molar-refractivity contribution in [1.29, 1.82) is 0 Å². The molecule has 0 heteroatoms. The smallest absolute Gasteiger partial charge is 0.00264 e. The Bertz CT molecular complexity index is 1990. The zero-order valence-corrected chi connectivity index (χ0v) is 22.1. The summed E-state index contributed by atoms with van der Waals surface area (Å²) in [5, 5.41) is 10.4. The van der Waals surface area contributed by atoms with Crippen LogP contribution in [0.5, 0.6) is 0 Å². The second-order valence-corrected chi connectivity index (χ2v) is 11.4. The summed E-state index contributed by atoms with van der Waals surface area (Å²) < 4.78 is 0. The first-order valence-corrected chi connectivity index (χ1v) is 13.5. The second-order valence-electron chi connectivity index (χ2n) is 11.4. The highest BCUT2D eigenvalue weighted by Gasteiger charge is 2.24. The number of hydrogen-bond donors (Lipinski definition) is 0. The zero-order valence-electron chi connectivity index (χ0n) is 22.1. The van der Waals surface area contributed by atoms with Crippen LogP contribution in [0.1, 0.15) is 26.3 Å². The molecule has 0 atom stereocenters. The van der Waals surface area contributed by atoms with Crippen LogP contribution in [-0.2, 0) is 5.41 Å². The molecule has 0 fully saturated rings. The van der Waals surface area contributed by atoms with Crippen molar-refractivity contribution < 1.29 is 0 Å². The maximum Gasteiger partial charge on any atom is -0.00264 e. The maximum atomic E-state index is 2.44. The van der Waals surface area contributed by atoms with E-state index in [9.17, 15) is 0 Å². The van der Waals surface area contributed by atoms with Crippen molar-refractivity contribution in [2.24, 2.45) is 0 Å². The van der Waals surface area contributed by atoms with Crippen molar-refractivity contribution in [1.82, 2.24) is 0 Å². The second kappa shape index (κ2) is 8.57. The van der Waals surface area contributed by atoms with E-state index in [2.05, 4.69) is 148 Å². The first-order chi connectivity index (χ1) is 18.5. The molecular formula is C38H30. The van der Waals surface area contributed by atoms with Gasteiger partial charge < -0.3 is 0 Å². The van der Waals surface area contributed by atoms with Gasteiger partial charge in [0.2, 0.25) is 0 Å². The Labute approximate surface area is 224 Å². The number of hydrogen-bond acceptors (Lipinski definition) is 0. The van der Waals surface area contributed by atoms with Gasteiger partial charge in [-0.15, -0.1) is 0 Å². The highest BCUT2D eigenvalue weighted by molar-refractivity contribution is 6.17. The first kappa shape index (κ1) is 22.8. The molecular weight excluding hydrogens is 456 g/mol. The van der Waals surface area contributed by atoms with E-state index in [1.165, 1.54) is 70.9 Å². The molecule has 7 aromatic rings. The summed E-state index contributed by atoms with van der Waals surface area (Å²) in [6.45, 7) is 7.03. The van der Waals surface area contributed by atoms with Crippen LogP contribution >= 0.6 is 0 Å². The Morgan fingerprint density at radius 1 is 0.395 bits per heavy atom. The van der Waals surface area contributed by atoms with Crippen LogP contribution < -0.4 is 0 Å². The Kier molecular flexibility index (Phi) is 5.13. The van der Waals surface area contributed by atoms with Crippen LogP contribution in [-0.4, -0.2) is 0 Å². The third-order valence-electron chi connectivity index (χ3n) is 7.91. The minimum atomic E-state index is -0.0167. The van der Waals surface area contributed by atoms with Crippen molar-refractivity contribution in [3.8, 4) is 22.3 Å². The highest BCUT2D eigenvalue weighted by Crippen LogP contribution is 2.45. The lowest BCUT2D eigenvalue weighted by Crippen LogP contribution is -2.13. The number of benzene rings is 7. The largest absolute Gasteiger partial charge is 0.0616 e. The summed E-state index contributed by atoms with van der Waals surface area (Å²) in [4.78, 5) is 0. The summed E-state index contributed by atoms with van der Waals surface area (Å²) in [7, 11) is 0. The predicted molar refractivity (Wildman–Crippen MR) is 166 cm³/mol. The Balaban J connectivity index is 1.61. The molecule has 7 aromatic carbocycles. The molecule has 0 aliphatic heterocycles. The number of rotatable bonds is 2. The van der Waals surface area contributed by atoms with Crippen LogP contribution in [0.2, 0.25) is 0 Å². The standard InChI is InChI=1S/C38H30/c1-38(2,3)37-34-17-9-8-16-32(34)36(29-20-19-25-11-4-5-13-27(25)23-29)33-22-21-28(24-35(33)37)31-18-10-14-26-12-6-7-15-30(26)31/h4-24H,1-3H3. The molecule has 7 rings (SSSR count). The Hall–Kier alpha value is -4.42. The van der Waals surface area contributed by atoms with Gasteiger partial charge in [0.05, 0.1) is 0 Å². The molecule has 0 saturated heterocycles. The van der Waals surface area contributed by atoms with Crippen molar-refractivity contribution in [2.75, 3.05) is 0 Å². The van der Waals surface area contributed by atoms with Gasteiger partial charge in [-0.3, -0.25) is 0 Å². The molecule has 0 N–H and O–H groups in total. The molecule has 0 bridgehead atoms. The van der Waals surface area contributed by atoms with E-state index in [0.717, 1.165) is 0 Å². The molecule has 0 nitrogen and oxygen atoms in total. The predicted octanol–water partition coefficient (Wildman–Crippen LogP) is 10.9. The van der Waals surface area contributed by atoms with Gasteiger partial charge in [-0.1, -0.05) is 136 Å². The summed E-state index contributed by atoms with van der Waals surface area (Å²) in [6, 6.07) is 46.9. The molecule has 0 aliphatic rings. The lowest BCUT2D eigenvalue weighted by atomic mass is 9.77. The van der Waals surface area contributed by atoms with Gasteiger partial charge in [-0.25, -0.2) is 0 Å². The molecule has 0 aromatic heterocycles. The average molecular weight is 487 g/mol. The molecule has 0 aliphatic carbocycles. The van der Waals surface area contributed by atoms with Crippen LogP contribution in [0.3, 0.4) is 0 Å². The van der Waals surface area contributed by atoms with E-state index >= 15 is 0 Å². The van der Waals surface area contributed by atoms with E-state index in [0.29, 0.717) is 0 Å². The highest BCUT2D eigenvalue weighted by atomic mass is 14.3. The monoisotopic (exact) mass is 486 g/mol.